The van der Waals surface area contributed by atoms with Crippen molar-refractivity contribution in [1.82, 2.24) is 15.2 Å². The summed E-state index contributed by atoms with van der Waals surface area (Å²) in [6.45, 7) is 7.65. The lowest BCUT2D eigenvalue weighted by molar-refractivity contribution is -0.127. The van der Waals surface area contributed by atoms with E-state index in [2.05, 4.69) is 43.4 Å². The van der Waals surface area contributed by atoms with Crippen LogP contribution in [0.1, 0.15) is 50.8 Å². The molecule has 0 spiro atoms. The number of carbonyl (C=O) groups is 1. The van der Waals surface area contributed by atoms with Crippen LogP contribution in [0.15, 0.2) is 66.0 Å². The van der Waals surface area contributed by atoms with E-state index >= 15 is 0 Å². The molecule has 2 saturated heterocycles. The molecule has 1 amide bonds. The Labute approximate surface area is 196 Å². The molecule has 1 aliphatic carbocycles. The molecule has 3 fully saturated rings. The van der Waals surface area contributed by atoms with E-state index in [4.69, 9.17) is 10.6 Å². The number of nitrogens with one attached hydrogen (secondary N) is 1. The number of ether oxygens (including phenoxy) is 1. The Morgan fingerprint density at radius 2 is 1.79 bits per heavy atom. The number of nitrogens with zero attached hydrogens (tertiary/aromatic N) is 2. The van der Waals surface area contributed by atoms with Gasteiger partial charge in [0.1, 0.15) is 11.6 Å². The maximum absolute atomic E-state index is 13.7. The number of piperidine rings is 1. The third kappa shape index (κ3) is 3.57. The number of carbonyl (C=O) groups excluding carboxylic acids is 1. The number of benzene rings is 2. The van der Waals surface area contributed by atoms with Gasteiger partial charge in [0.25, 0.3) is 5.91 Å². The van der Waals surface area contributed by atoms with Gasteiger partial charge in [-0.3, -0.25) is 9.80 Å². The van der Waals surface area contributed by atoms with Gasteiger partial charge < -0.3 is 15.0 Å². The number of hydrogen-bond acceptors (Lipinski definition) is 5. The first-order valence-corrected chi connectivity index (χ1v) is 11.8. The van der Waals surface area contributed by atoms with Gasteiger partial charge in [-0.2, -0.15) is 0 Å². The van der Waals surface area contributed by atoms with E-state index in [0.717, 1.165) is 37.5 Å². The van der Waals surface area contributed by atoms with Crippen LogP contribution in [0.5, 0.6) is 5.75 Å². The predicted octanol–water partition coefficient (Wildman–Crippen LogP) is 3.72. The standard InChI is InChI=1S/C27H34N4O2/c1-18(24-29-22(15-26(2,3)31(24)28)19-10-6-5-7-11-19)25(32)30-16-20-14-27(20,17-30)21-12-8-9-13-23(21)33-4/h5-13,20,22,29H,14-17,28H2,1-4H3/b24-18+. The van der Waals surface area contributed by atoms with Gasteiger partial charge in [-0.25, -0.2) is 5.84 Å². The number of amides is 1. The third-order valence-corrected chi connectivity index (χ3v) is 7.86. The molecular weight excluding hydrogens is 412 g/mol. The zero-order chi connectivity index (χ0) is 23.4. The van der Waals surface area contributed by atoms with Crippen molar-refractivity contribution in [2.45, 2.75) is 50.6 Å². The van der Waals surface area contributed by atoms with Crippen molar-refractivity contribution in [2.75, 3.05) is 20.2 Å². The Bertz CT molecular complexity index is 1100. The lowest BCUT2D eigenvalue weighted by Crippen LogP contribution is -2.58. The van der Waals surface area contributed by atoms with Crippen LogP contribution in [0.2, 0.25) is 0 Å². The number of fused-ring (bicyclic) bond motifs is 1. The lowest BCUT2D eigenvalue weighted by atomic mass is 9.87. The molecule has 0 aromatic heterocycles. The maximum Gasteiger partial charge on any atom is 0.253 e. The number of likely N-dealkylation sites (tertiary alicyclic amines) is 1. The van der Waals surface area contributed by atoms with Crippen molar-refractivity contribution in [3.63, 3.8) is 0 Å². The molecule has 174 valence electrons. The summed E-state index contributed by atoms with van der Waals surface area (Å²) in [6.07, 6.45) is 1.96. The monoisotopic (exact) mass is 446 g/mol. The Hall–Kier alpha value is -2.99. The van der Waals surface area contributed by atoms with Gasteiger partial charge in [-0.05, 0) is 51.2 Å². The maximum atomic E-state index is 13.7. The fraction of sp³-hybridized carbons (Fsp3) is 0.444. The van der Waals surface area contributed by atoms with Crippen LogP contribution in [-0.4, -0.2) is 41.6 Å². The minimum atomic E-state index is -0.283. The minimum Gasteiger partial charge on any atom is -0.496 e. The highest BCUT2D eigenvalue weighted by Crippen LogP contribution is 2.61. The van der Waals surface area contributed by atoms with Gasteiger partial charge in [0.2, 0.25) is 0 Å². The normalized spacial score (nSPS) is 29.2. The van der Waals surface area contributed by atoms with Gasteiger partial charge in [0.15, 0.2) is 0 Å². The highest BCUT2D eigenvalue weighted by Gasteiger charge is 2.62. The summed E-state index contributed by atoms with van der Waals surface area (Å²) in [5.41, 5.74) is 2.83. The van der Waals surface area contributed by atoms with Crippen LogP contribution in [0, 0.1) is 5.92 Å². The van der Waals surface area contributed by atoms with E-state index in [9.17, 15) is 4.79 Å². The lowest BCUT2D eigenvalue weighted by Gasteiger charge is -2.47. The minimum absolute atomic E-state index is 0.0153. The van der Waals surface area contributed by atoms with E-state index < -0.39 is 0 Å². The Morgan fingerprint density at radius 3 is 2.52 bits per heavy atom. The van der Waals surface area contributed by atoms with E-state index in [1.165, 1.54) is 11.1 Å². The van der Waals surface area contributed by atoms with Crippen LogP contribution in [0.25, 0.3) is 0 Å². The van der Waals surface area contributed by atoms with Gasteiger partial charge >= 0.3 is 0 Å². The van der Waals surface area contributed by atoms with E-state index in [1.54, 1.807) is 12.1 Å². The molecular formula is C27H34N4O2. The third-order valence-electron chi connectivity index (χ3n) is 7.86. The van der Waals surface area contributed by atoms with Crippen LogP contribution < -0.4 is 15.9 Å². The molecule has 6 heteroatoms. The molecule has 0 radical (unpaired) electrons. The average Bonchev–Trinajstić information content (AvgIpc) is 3.40. The van der Waals surface area contributed by atoms with E-state index in [0.29, 0.717) is 11.5 Å². The Kier molecular flexibility index (Phi) is 5.16. The molecule has 2 aromatic carbocycles. The second-order valence-corrected chi connectivity index (χ2v) is 10.4. The summed E-state index contributed by atoms with van der Waals surface area (Å²) in [5.74, 6) is 8.72. The summed E-state index contributed by atoms with van der Waals surface area (Å²) in [5, 5.41) is 5.32. The average molecular weight is 447 g/mol. The molecule has 5 rings (SSSR count). The largest absolute Gasteiger partial charge is 0.496 e. The van der Waals surface area contributed by atoms with Crippen molar-refractivity contribution in [3.8, 4) is 5.75 Å². The molecule has 1 saturated carbocycles. The molecule has 2 aromatic rings. The van der Waals surface area contributed by atoms with Crippen molar-refractivity contribution in [1.29, 1.82) is 0 Å². The number of hydrazine groups is 1. The SMILES string of the molecule is COc1ccccc1C12CC1CN(C(=O)/C(C)=C1\NC(c3ccccc3)CC(C)(C)N1N)C2. The molecule has 2 heterocycles. The molecule has 0 bridgehead atoms. The number of rotatable bonds is 4. The summed E-state index contributed by atoms with van der Waals surface area (Å²) in [6, 6.07) is 18.7. The molecule has 33 heavy (non-hydrogen) atoms. The van der Waals surface area contributed by atoms with Crippen molar-refractivity contribution >= 4 is 5.91 Å². The smallest absolute Gasteiger partial charge is 0.253 e. The fourth-order valence-electron chi connectivity index (χ4n) is 5.81. The summed E-state index contributed by atoms with van der Waals surface area (Å²) < 4.78 is 5.63. The number of nitrogens with two attached hydrogens (primary N) is 1. The second-order valence-electron chi connectivity index (χ2n) is 10.4. The molecule has 2 aliphatic heterocycles. The summed E-state index contributed by atoms with van der Waals surface area (Å²) in [7, 11) is 1.72. The summed E-state index contributed by atoms with van der Waals surface area (Å²) in [4.78, 5) is 15.7. The van der Waals surface area contributed by atoms with Crippen molar-refractivity contribution in [3.05, 3.63) is 77.1 Å². The van der Waals surface area contributed by atoms with Gasteiger partial charge in [0.05, 0.1) is 24.3 Å². The van der Waals surface area contributed by atoms with Crippen LogP contribution in [0.3, 0.4) is 0 Å². The van der Waals surface area contributed by atoms with Crippen molar-refractivity contribution < 1.29 is 9.53 Å². The number of hydrogen-bond donors (Lipinski definition) is 2. The zero-order valence-corrected chi connectivity index (χ0v) is 20.0. The van der Waals surface area contributed by atoms with Gasteiger partial charge in [-0.1, -0.05) is 48.5 Å². The number of para-hydroxylation sites is 1. The summed E-state index contributed by atoms with van der Waals surface area (Å²) >= 11 is 0. The Balaban J connectivity index is 1.41. The predicted molar refractivity (Wildman–Crippen MR) is 129 cm³/mol. The highest BCUT2D eigenvalue weighted by molar-refractivity contribution is 5.94. The van der Waals surface area contributed by atoms with Gasteiger partial charge in [0, 0.05) is 24.1 Å². The van der Waals surface area contributed by atoms with Crippen LogP contribution in [-0.2, 0) is 10.2 Å². The molecule has 3 atom stereocenters. The van der Waals surface area contributed by atoms with Crippen molar-refractivity contribution in [2.24, 2.45) is 11.8 Å². The van der Waals surface area contributed by atoms with Gasteiger partial charge in [-0.15, -0.1) is 0 Å². The first kappa shape index (κ1) is 21.8. The second kappa shape index (κ2) is 7.80. The zero-order valence-electron chi connectivity index (χ0n) is 20.0. The molecule has 3 unspecified atom stereocenters. The quantitative estimate of drug-likeness (QED) is 0.553. The Morgan fingerprint density at radius 1 is 1.09 bits per heavy atom. The highest BCUT2D eigenvalue weighted by atomic mass is 16.5. The molecule has 6 nitrogen and oxygen atoms in total. The van der Waals surface area contributed by atoms with E-state index in [-0.39, 0.29) is 22.9 Å². The topological polar surface area (TPSA) is 70.8 Å². The first-order valence-electron chi connectivity index (χ1n) is 11.8. The number of methoxy groups -OCH3 is 1. The fourth-order valence-corrected chi connectivity index (χ4v) is 5.81. The molecule has 3 N–H and O–H groups in total. The molecule has 3 aliphatic rings. The van der Waals surface area contributed by atoms with Crippen LogP contribution in [0.4, 0.5) is 0 Å². The van der Waals surface area contributed by atoms with Crippen LogP contribution >= 0.6 is 0 Å². The van der Waals surface area contributed by atoms with E-state index in [1.807, 2.05) is 42.2 Å². The first-order chi connectivity index (χ1) is 15.8.